The van der Waals surface area contributed by atoms with Gasteiger partial charge in [-0.25, -0.2) is 0 Å². The van der Waals surface area contributed by atoms with Crippen LogP contribution in [0, 0.1) is 0 Å². The number of benzene rings is 1. The zero-order valence-corrected chi connectivity index (χ0v) is 8.31. The largest absolute Gasteiger partial charge is 0.392 e. The minimum absolute atomic E-state index is 0.0772. The molecule has 0 aliphatic carbocycles. The van der Waals surface area contributed by atoms with Crippen molar-refractivity contribution in [1.82, 2.24) is 0 Å². The lowest BCUT2D eigenvalue weighted by Crippen LogP contribution is -1.83. The number of halogens is 2. The van der Waals surface area contributed by atoms with Gasteiger partial charge in [0.25, 0.3) is 0 Å². The molecule has 0 radical (unpaired) electrons. The molecule has 0 aromatic heterocycles. The summed E-state index contributed by atoms with van der Waals surface area (Å²) in [5.74, 6) is 0. The monoisotopic (exact) mass is 264 g/mol. The predicted molar refractivity (Wildman–Crippen MR) is 47.8 cm³/mol. The van der Waals surface area contributed by atoms with Crippen LogP contribution in [-0.2, 0) is 6.61 Å². The van der Waals surface area contributed by atoms with Gasteiger partial charge in [0.05, 0.1) is 6.61 Å². The smallest absolute Gasteiger partial charge is 0.0692 e. The molecule has 0 heterocycles. The summed E-state index contributed by atoms with van der Waals surface area (Å²) in [7, 11) is 0. The summed E-state index contributed by atoms with van der Waals surface area (Å²) in [5, 5.41) is 8.76. The molecule has 1 nitrogen and oxygen atoms in total. The first kappa shape index (κ1) is 8.24. The van der Waals surface area contributed by atoms with Gasteiger partial charge in [0, 0.05) is 8.95 Å². The van der Waals surface area contributed by atoms with Gasteiger partial charge >= 0.3 is 0 Å². The lowest BCUT2D eigenvalue weighted by molar-refractivity contribution is 0.281. The molecule has 54 valence electrons. The van der Waals surface area contributed by atoms with Crippen molar-refractivity contribution in [3.63, 3.8) is 0 Å². The summed E-state index contributed by atoms with van der Waals surface area (Å²) in [6.07, 6.45) is 0. The summed E-state index contributed by atoms with van der Waals surface area (Å²) >= 11 is 6.63. The third-order valence-corrected chi connectivity index (χ3v) is 2.42. The fraction of sp³-hybridized carbons (Fsp3) is 0.143. The molecule has 0 bridgehead atoms. The van der Waals surface area contributed by atoms with Gasteiger partial charge in [0.15, 0.2) is 0 Å². The van der Waals surface area contributed by atoms with E-state index in [1.165, 1.54) is 0 Å². The van der Waals surface area contributed by atoms with Crippen LogP contribution in [0.5, 0.6) is 0 Å². The summed E-state index contributed by atoms with van der Waals surface area (Å²) < 4.78 is 1.95. The van der Waals surface area contributed by atoms with E-state index in [9.17, 15) is 0 Å². The summed E-state index contributed by atoms with van der Waals surface area (Å²) in [4.78, 5) is 0. The maximum atomic E-state index is 8.76. The van der Waals surface area contributed by atoms with E-state index < -0.39 is 0 Å². The lowest BCUT2D eigenvalue weighted by Gasteiger charge is -1.98. The molecule has 0 saturated heterocycles. The molecule has 1 aromatic carbocycles. The quantitative estimate of drug-likeness (QED) is 0.828. The Kier molecular flexibility index (Phi) is 2.89. The molecule has 1 rings (SSSR count). The lowest BCUT2D eigenvalue weighted by atomic mass is 10.2. The van der Waals surface area contributed by atoms with E-state index in [4.69, 9.17) is 5.11 Å². The average molecular weight is 266 g/mol. The SMILES string of the molecule is OCc1ccc(Br)cc1Br. The number of hydrogen-bond acceptors (Lipinski definition) is 1. The maximum Gasteiger partial charge on any atom is 0.0692 e. The van der Waals surface area contributed by atoms with Gasteiger partial charge in [0.2, 0.25) is 0 Å². The van der Waals surface area contributed by atoms with Crippen LogP contribution in [0.15, 0.2) is 27.1 Å². The van der Waals surface area contributed by atoms with Crippen molar-refractivity contribution < 1.29 is 5.11 Å². The molecule has 0 fully saturated rings. The second-order valence-corrected chi connectivity index (χ2v) is 3.66. The van der Waals surface area contributed by atoms with Gasteiger partial charge in [-0.1, -0.05) is 37.9 Å². The summed E-state index contributed by atoms with van der Waals surface area (Å²) in [6, 6.07) is 5.68. The molecule has 1 aromatic rings. The van der Waals surface area contributed by atoms with Crippen molar-refractivity contribution in [2.45, 2.75) is 6.61 Å². The highest BCUT2D eigenvalue weighted by molar-refractivity contribution is 9.11. The second kappa shape index (κ2) is 3.51. The third kappa shape index (κ3) is 1.81. The van der Waals surface area contributed by atoms with E-state index >= 15 is 0 Å². The Bertz CT molecular complexity index is 235. The Balaban J connectivity index is 3.07. The van der Waals surface area contributed by atoms with Crippen molar-refractivity contribution in [2.24, 2.45) is 0 Å². The molecule has 0 spiro atoms. The molecule has 0 unspecified atom stereocenters. The first-order chi connectivity index (χ1) is 4.74. The average Bonchev–Trinajstić information content (AvgIpc) is 1.88. The van der Waals surface area contributed by atoms with Crippen LogP contribution in [0.25, 0.3) is 0 Å². The molecule has 1 N–H and O–H groups in total. The second-order valence-electron chi connectivity index (χ2n) is 1.89. The van der Waals surface area contributed by atoms with Crippen molar-refractivity contribution in [1.29, 1.82) is 0 Å². The Hall–Kier alpha value is 0.140. The highest BCUT2D eigenvalue weighted by atomic mass is 79.9. The molecule has 10 heavy (non-hydrogen) atoms. The van der Waals surface area contributed by atoms with Crippen molar-refractivity contribution in [2.75, 3.05) is 0 Å². The summed E-state index contributed by atoms with van der Waals surface area (Å²) in [6.45, 7) is 0.0772. The minimum atomic E-state index is 0.0772. The Labute approximate surface area is 76.3 Å². The third-order valence-electron chi connectivity index (χ3n) is 1.19. The van der Waals surface area contributed by atoms with Gasteiger partial charge in [-0.15, -0.1) is 0 Å². The van der Waals surface area contributed by atoms with Gasteiger partial charge in [-0.05, 0) is 17.7 Å². The molecule has 0 atom stereocenters. The minimum Gasteiger partial charge on any atom is -0.392 e. The van der Waals surface area contributed by atoms with Gasteiger partial charge < -0.3 is 5.11 Å². The van der Waals surface area contributed by atoms with Gasteiger partial charge in [0.1, 0.15) is 0 Å². The van der Waals surface area contributed by atoms with Crippen molar-refractivity contribution in [3.8, 4) is 0 Å². The first-order valence-electron chi connectivity index (χ1n) is 2.79. The van der Waals surface area contributed by atoms with E-state index in [2.05, 4.69) is 31.9 Å². The maximum absolute atomic E-state index is 8.76. The van der Waals surface area contributed by atoms with Crippen LogP contribution in [-0.4, -0.2) is 5.11 Å². The first-order valence-corrected chi connectivity index (χ1v) is 4.37. The van der Waals surface area contributed by atoms with Crippen LogP contribution in [0.3, 0.4) is 0 Å². The fourth-order valence-electron chi connectivity index (χ4n) is 0.650. The molecular weight excluding hydrogens is 260 g/mol. The number of hydrogen-bond donors (Lipinski definition) is 1. The molecular formula is C7H6Br2O. The van der Waals surface area contributed by atoms with Crippen LogP contribution >= 0.6 is 31.9 Å². The topological polar surface area (TPSA) is 20.2 Å². The summed E-state index contributed by atoms with van der Waals surface area (Å²) in [5.41, 5.74) is 0.906. The van der Waals surface area contributed by atoms with Crippen LogP contribution in [0.1, 0.15) is 5.56 Å². The van der Waals surface area contributed by atoms with Crippen LogP contribution < -0.4 is 0 Å². The molecule has 0 amide bonds. The number of aliphatic hydroxyl groups is 1. The predicted octanol–water partition coefficient (Wildman–Crippen LogP) is 2.70. The van der Waals surface area contributed by atoms with Crippen LogP contribution in [0.4, 0.5) is 0 Å². The molecule has 0 aliphatic heterocycles. The molecule has 3 heteroatoms. The number of aliphatic hydroxyl groups excluding tert-OH is 1. The Morgan fingerprint density at radius 3 is 2.50 bits per heavy atom. The van der Waals surface area contributed by atoms with E-state index in [0.717, 1.165) is 14.5 Å². The number of rotatable bonds is 1. The van der Waals surface area contributed by atoms with Crippen molar-refractivity contribution in [3.05, 3.63) is 32.7 Å². The molecule has 0 saturated carbocycles. The highest BCUT2D eigenvalue weighted by Crippen LogP contribution is 2.21. The Morgan fingerprint density at radius 2 is 2.00 bits per heavy atom. The Morgan fingerprint density at radius 1 is 1.30 bits per heavy atom. The van der Waals surface area contributed by atoms with Gasteiger partial charge in [-0.2, -0.15) is 0 Å². The van der Waals surface area contributed by atoms with E-state index in [1.807, 2.05) is 18.2 Å². The van der Waals surface area contributed by atoms with Crippen LogP contribution in [0.2, 0.25) is 0 Å². The normalized spacial score (nSPS) is 9.90. The standard InChI is InChI=1S/C7H6Br2O/c8-6-2-1-5(4-10)7(9)3-6/h1-3,10H,4H2. The zero-order valence-electron chi connectivity index (χ0n) is 5.14. The van der Waals surface area contributed by atoms with Crippen molar-refractivity contribution >= 4 is 31.9 Å². The van der Waals surface area contributed by atoms with E-state index in [-0.39, 0.29) is 6.61 Å². The molecule has 0 aliphatic rings. The van der Waals surface area contributed by atoms with E-state index in [0.29, 0.717) is 0 Å². The van der Waals surface area contributed by atoms with E-state index in [1.54, 1.807) is 0 Å². The van der Waals surface area contributed by atoms with Gasteiger partial charge in [-0.3, -0.25) is 0 Å². The highest BCUT2D eigenvalue weighted by Gasteiger charge is 1.96. The fourth-order valence-corrected chi connectivity index (χ4v) is 1.82. The zero-order chi connectivity index (χ0) is 7.56.